The normalized spacial score (nSPS) is 14.8. The first kappa shape index (κ1) is 12.6. The standard InChI is InChI=1S/C13H17N5S/c1-9-2-5-12(10(8-9)6-7-14)19-13-15-16-17-18(13)11-3-4-11/h2,5,8,11H,3-4,6-7,14H2,1H3. The minimum absolute atomic E-state index is 0.501. The first-order valence-corrected chi connectivity index (χ1v) is 7.35. The van der Waals surface area contributed by atoms with Crippen molar-refractivity contribution in [2.75, 3.05) is 6.54 Å². The number of aromatic nitrogens is 4. The smallest absolute Gasteiger partial charge is 0.214 e. The summed E-state index contributed by atoms with van der Waals surface area (Å²) >= 11 is 1.64. The van der Waals surface area contributed by atoms with Crippen LogP contribution in [0, 0.1) is 6.92 Å². The van der Waals surface area contributed by atoms with Gasteiger partial charge >= 0.3 is 0 Å². The molecular weight excluding hydrogens is 258 g/mol. The van der Waals surface area contributed by atoms with Gasteiger partial charge in [-0.3, -0.25) is 0 Å². The summed E-state index contributed by atoms with van der Waals surface area (Å²) in [4.78, 5) is 1.20. The first-order valence-electron chi connectivity index (χ1n) is 6.53. The van der Waals surface area contributed by atoms with Crippen molar-refractivity contribution >= 4 is 11.8 Å². The average molecular weight is 275 g/mol. The van der Waals surface area contributed by atoms with Crippen LogP contribution in [0.4, 0.5) is 0 Å². The second kappa shape index (κ2) is 5.30. The molecule has 1 aromatic heterocycles. The number of benzene rings is 1. The van der Waals surface area contributed by atoms with Crippen molar-refractivity contribution in [3.8, 4) is 0 Å². The summed E-state index contributed by atoms with van der Waals surface area (Å²) in [5, 5.41) is 12.9. The van der Waals surface area contributed by atoms with Crippen LogP contribution in [0.25, 0.3) is 0 Å². The highest BCUT2D eigenvalue weighted by atomic mass is 32.2. The van der Waals surface area contributed by atoms with Crippen molar-refractivity contribution in [1.82, 2.24) is 20.2 Å². The van der Waals surface area contributed by atoms with Gasteiger partial charge in [0.1, 0.15) is 0 Å². The zero-order valence-electron chi connectivity index (χ0n) is 10.9. The zero-order valence-corrected chi connectivity index (χ0v) is 11.7. The van der Waals surface area contributed by atoms with E-state index in [0.29, 0.717) is 12.6 Å². The lowest BCUT2D eigenvalue weighted by Crippen LogP contribution is -2.04. The average Bonchev–Trinajstić information content (AvgIpc) is 3.14. The molecular formula is C13H17N5S. The molecule has 2 aromatic rings. The maximum atomic E-state index is 5.69. The first-order chi connectivity index (χ1) is 9.28. The fraction of sp³-hybridized carbons (Fsp3) is 0.462. The third-order valence-corrected chi connectivity index (χ3v) is 4.26. The van der Waals surface area contributed by atoms with E-state index < -0.39 is 0 Å². The molecule has 0 radical (unpaired) electrons. The molecule has 19 heavy (non-hydrogen) atoms. The van der Waals surface area contributed by atoms with Gasteiger partial charge in [-0.15, -0.1) is 5.10 Å². The van der Waals surface area contributed by atoms with Gasteiger partial charge in [0.05, 0.1) is 6.04 Å². The Morgan fingerprint density at radius 3 is 3.00 bits per heavy atom. The van der Waals surface area contributed by atoms with E-state index in [4.69, 9.17) is 5.73 Å². The molecule has 0 unspecified atom stereocenters. The highest BCUT2D eigenvalue weighted by Gasteiger charge is 2.28. The largest absolute Gasteiger partial charge is 0.330 e. The van der Waals surface area contributed by atoms with Gasteiger partial charge in [-0.25, -0.2) is 4.68 Å². The van der Waals surface area contributed by atoms with Crippen LogP contribution in [-0.2, 0) is 6.42 Å². The van der Waals surface area contributed by atoms with Crippen molar-refractivity contribution < 1.29 is 0 Å². The molecule has 1 saturated carbocycles. The van der Waals surface area contributed by atoms with Crippen LogP contribution < -0.4 is 5.73 Å². The summed E-state index contributed by atoms with van der Waals surface area (Å²) in [5.74, 6) is 0. The highest BCUT2D eigenvalue weighted by Crippen LogP contribution is 2.38. The van der Waals surface area contributed by atoms with E-state index in [9.17, 15) is 0 Å². The molecule has 0 aliphatic heterocycles. The number of aryl methyl sites for hydroxylation is 1. The monoisotopic (exact) mass is 275 g/mol. The third-order valence-electron chi connectivity index (χ3n) is 3.19. The fourth-order valence-electron chi connectivity index (χ4n) is 2.06. The Hall–Kier alpha value is -1.40. The summed E-state index contributed by atoms with van der Waals surface area (Å²) in [6.45, 7) is 2.76. The van der Waals surface area contributed by atoms with Gasteiger partial charge in [-0.2, -0.15) is 0 Å². The van der Waals surface area contributed by atoms with E-state index in [1.807, 2.05) is 4.68 Å². The van der Waals surface area contributed by atoms with Crippen molar-refractivity contribution in [1.29, 1.82) is 0 Å². The zero-order chi connectivity index (χ0) is 13.2. The Labute approximate surface area is 116 Å². The fourth-order valence-corrected chi connectivity index (χ4v) is 3.04. The van der Waals surface area contributed by atoms with Gasteiger partial charge in [0.2, 0.25) is 5.16 Å². The quantitative estimate of drug-likeness (QED) is 0.903. The summed E-state index contributed by atoms with van der Waals surface area (Å²) in [6, 6.07) is 6.95. The second-order valence-electron chi connectivity index (χ2n) is 4.89. The number of tetrazole rings is 1. The van der Waals surface area contributed by atoms with Crippen molar-refractivity contribution in [3.63, 3.8) is 0 Å². The van der Waals surface area contributed by atoms with Crippen LogP contribution in [0.1, 0.15) is 30.0 Å². The number of rotatable bonds is 5. The van der Waals surface area contributed by atoms with Crippen LogP contribution >= 0.6 is 11.8 Å². The Balaban J connectivity index is 1.87. The minimum atomic E-state index is 0.501. The lowest BCUT2D eigenvalue weighted by Gasteiger charge is -2.09. The van der Waals surface area contributed by atoms with Crippen molar-refractivity contribution in [2.24, 2.45) is 5.73 Å². The van der Waals surface area contributed by atoms with Crippen LogP contribution in [-0.4, -0.2) is 26.8 Å². The van der Waals surface area contributed by atoms with Gasteiger partial charge in [0.25, 0.3) is 0 Å². The molecule has 6 heteroatoms. The SMILES string of the molecule is Cc1ccc(Sc2nnnn2C2CC2)c(CCN)c1. The van der Waals surface area contributed by atoms with Crippen LogP contribution in [0.5, 0.6) is 0 Å². The second-order valence-corrected chi connectivity index (χ2v) is 5.90. The molecule has 0 saturated heterocycles. The Morgan fingerprint density at radius 2 is 2.26 bits per heavy atom. The molecule has 1 aliphatic rings. The van der Waals surface area contributed by atoms with E-state index in [-0.39, 0.29) is 0 Å². The number of nitrogens with zero attached hydrogens (tertiary/aromatic N) is 4. The summed E-state index contributed by atoms with van der Waals surface area (Å²) < 4.78 is 1.94. The van der Waals surface area contributed by atoms with Crippen LogP contribution in [0.15, 0.2) is 28.3 Å². The molecule has 2 N–H and O–H groups in total. The number of nitrogens with two attached hydrogens (primary N) is 1. The highest BCUT2D eigenvalue weighted by molar-refractivity contribution is 7.99. The molecule has 0 amide bonds. The topological polar surface area (TPSA) is 69.6 Å². The summed E-state index contributed by atoms with van der Waals surface area (Å²) in [5.41, 5.74) is 8.22. The van der Waals surface area contributed by atoms with E-state index in [0.717, 1.165) is 11.6 Å². The molecule has 1 heterocycles. The molecule has 0 spiro atoms. The maximum Gasteiger partial charge on any atom is 0.214 e. The van der Waals surface area contributed by atoms with E-state index in [2.05, 4.69) is 40.6 Å². The lowest BCUT2D eigenvalue weighted by molar-refractivity contribution is 0.565. The molecule has 100 valence electrons. The van der Waals surface area contributed by atoms with Crippen molar-refractivity contribution in [3.05, 3.63) is 29.3 Å². The van der Waals surface area contributed by atoms with E-state index in [1.165, 1.54) is 28.9 Å². The predicted octanol–water partition coefficient (Wildman–Crippen LogP) is 1.97. The van der Waals surface area contributed by atoms with Crippen LogP contribution in [0.2, 0.25) is 0 Å². The van der Waals surface area contributed by atoms with Gasteiger partial charge in [0.15, 0.2) is 0 Å². The Bertz CT molecular complexity index is 576. The number of hydrogen-bond acceptors (Lipinski definition) is 5. The molecule has 1 aromatic carbocycles. The third kappa shape index (κ3) is 2.79. The minimum Gasteiger partial charge on any atom is -0.330 e. The Kier molecular flexibility index (Phi) is 3.52. The molecule has 1 fully saturated rings. The molecule has 3 rings (SSSR count). The maximum absolute atomic E-state index is 5.69. The van der Waals surface area contributed by atoms with Gasteiger partial charge in [-0.1, -0.05) is 17.7 Å². The number of hydrogen-bond donors (Lipinski definition) is 1. The Morgan fingerprint density at radius 1 is 1.42 bits per heavy atom. The molecule has 0 bridgehead atoms. The molecule has 1 aliphatic carbocycles. The molecule has 0 atom stereocenters. The summed E-state index contributed by atoms with van der Waals surface area (Å²) in [7, 11) is 0. The lowest BCUT2D eigenvalue weighted by atomic mass is 10.1. The molecule has 5 nitrogen and oxygen atoms in total. The van der Waals surface area contributed by atoms with Gasteiger partial charge in [-0.05, 0) is 66.5 Å². The van der Waals surface area contributed by atoms with E-state index >= 15 is 0 Å². The van der Waals surface area contributed by atoms with E-state index in [1.54, 1.807) is 11.8 Å². The summed E-state index contributed by atoms with van der Waals surface area (Å²) in [6.07, 6.45) is 3.25. The van der Waals surface area contributed by atoms with Crippen molar-refractivity contribution in [2.45, 2.75) is 42.3 Å². The van der Waals surface area contributed by atoms with Gasteiger partial charge in [0, 0.05) is 4.90 Å². The predicted molar refractivity (Wildman–Crippen MR) is 74.1 cm³/mol. The van der Waals surface area contributed by atoms with Crippen LogP contribution in [0.3, 0.4) is 0 Å². The van der Waals surface area contributed by atoms with Gasteiger partial charge < -0.3 is 5.73 Å².